The van der Waals surface area contributed by atoms with Crippen LogP contribution in [0, 0.1) is 23.0 Å². The van der Waals surface area contributed by atoms with Crippen LogP contribution in [-0.4, -0.2) is 43.6 Å². The molecule has 0 aliphatic carbocycles. The number of nitrogens with one attached hydrogen (secondary N) is 1. The largest absolute Gasteiger partial charge is 0.482 e. The van der Waals surface area contributed by atoms with Gasteiger partial charge in [0.05, 0.1) is 23.3 Å². The van der Waals surface area contributed by atoms with E-state index < -0.39 is 16.8 Å². The van der Waals surface area contributed by atoms with Crippen LogP contribution in [0.5, 0.6) is 5.75 Å². The third-order valence-electron chi connectivity index (χ3n) is 5.59. The molecule has 1 aliphatic heterocycles. The van der Waals surface area contributed by atoms with Crippen LogP contribution in [-0.2, 0) is 9.53 Å². The number of piperidine rings is 1. The van der Waals surface area contributed by atoms with Gasteiger partial charge >= 0.3 is 5.97 Å². The molecule has 0 aromatic heterocycles. The Balaban J connectivity index is 1.82. The van der Waals surface area contributed by atoms with E-state index in [4.69, 9.17) is 4.74 Å². The lowest BCUT2D eigenvalue weighted by atomic mass is 9.97. The van der Waals surface area contributed by atoms with Gasteiger partial charge in [0.2, 0.25) is 0 Å². The fourth-order valence-electron chi connectivity index (χ4n) is 3.60. The number of aryl methyl sites for hydroxylation is 1. The van der Waals surface area contributed by atoms with E-state index in [2.05, 4.69) is 21.9 Å². The van der Waals surface area contributed by atoms with Gasteiger partial charge in [-0.15, -0.1) is 0 Å². The number of hydrogen-bond acceptors (Lipinski definition) is 7. The number of hydrogen-bond donors (Lipinski definition) is 1. The van der Waals surface area contributed by atoms with Crippen LogP contribution in [0.2, 0.25) is 0 Å². The molecular weight excluding hydrogens is 414 g/mol. The number of non-ortho nitro benzene ring substituents is 1. The number of esters is 1. The van der Waals surface area contributed by atoms with Gasteiger partial charge in [-0.1, -0.05) is 6.92 Å². The first kappa shape index (κ1) is 23.1. The van der Waals surface area contributed by atoms with Gasteiger partial charge in [-0.2, -0.15) is 0 Å². The van der Waals surface area contributed by atoms with Gasteiger partial charge in [-0.3, -0.25) is 14.9 Å². The minimum absolute atomic E-state index is 0.132. The van der Waals surface area contributed by atoms with E-state index in [9.17, 15) is 19.7 Å². The molecule has 3 rings (SSSR count). The number of amides is 1. The molecular formula is C23H27N3O6. The number of nitro groups is 1. The second-order valence-electron chi connectivity index (χ2n) is 7.92. The second kappa shape index (κ2) is 10.1. The van der Waals surface area contributed by atoms with Crippen molar-refractivity contribution in [3.05, 3.63) is 57.6 Å². The fraction of sp³-hybridized carbons (Fsp3) is 0.391. The highest BCUT2D eigenvalue weighted by molar-refractivity contribution is 6.09. The predicted molar refractivity (Wildman–Crippen MR) is 120 cm³/mol. The van der Waals surface area contributed by atoms with Crippen molar-refractivity contribution in [2.24, 2.45) is 5.92 Å². The van der Waals surface area contributed by atoms with Gasteiger partial charge in [-0.05, 0) is 55.5 Å². The van der Waals surface area contributed by atoms with Crippen molar-refractivity contribution in [3.8, 4) is 5.75 Å². The Labute approximate surface area is 186 Å². The van der Waals surface area contributed by atoms with Gasteiger partial charge in [0, 0.05) is 30.9 Å². The summed E-state index contributed by atoms with van der Waals surface area (Å²) in [5.41, 5.74) is 2.09. The Morgan fingerprint density at radius 1 is 1.19 bits per heavy atom. The van der Waals surface area contributed by atoms with Crippen molar-refractivity contribution in [2.75, 3.05) is 37.0 Å². The normalized spacial score (nSPS) is 14.0. The summed E-state index contributed by atoms with van der Waals surface area (Å²) in [6.45, 7) is 5.37. The van der Waals surface area contributed by atoms with Gasteiger partial charge in [0.15, 0.2) is 6.61 Å². The molecule has 1 aliphatic rings. The summed E-state index contributed by atoms with van der Waals surface area (Å²) in [4.78, 5) is 37.3. The standard InChI is InChI=1S/C23H27N3O6/c1-15-8-10-25(11-9-15)21-7-4-17(26(29)30)13-19(21)23(28)24-20-6-5-18(12-16(20)2)32-14-22(27)31-3/h4-7,12-13,15H,8-11,14H2,1-3H3,(H,24,28). The van der Waals surface area contributed by atoms with E-state index in [1.807, 2.05) is 0 Å². The average Bonchev–Trinajstić information content (AvgIpc) is 2.79. The third kappa shape index (κ3) is 5.54. The molecule has 2 aromatic carbocycles. The van der Waals surface area contributed by atoms with Gasteiger partial charge in [-0.25, -0.2) is 4.79 Å². The number of carbonyl (C=O) groups is 2. The number of carbonyl (C=O) groups excluding carboxylic acids is 2. The van der Waals surface area contributed by atoms with Gasteiger partial charge in [0.1, 0.15) is 5.75 Å². The summed E-state index contributed by atoms with van der Waals surface area (Å²) in [5, 5.41) is 14.1. The predicted octanol–water partition coefficient (Wildman–Crippen LogP) is 3.94. The molecule has 2 aromatic rings. The van der Waals surface area contributed by atoms with Crippen LogP contribution in [0.3, 0.4) is 0 Å². The number of anilines is 2. The number of benzene rings is 2. The molecule has 9 heteroatoms. The summed E-state index contributed by atoms with van der Waals surface area (Å²) >= 11 is 0. The molecule has 32 heavy (non-hydrogen) atoms. The summed E-state index contributed by atoms with van der Waals surface area (Å²) in [7, 11) is 1.28. The molecule has 0 unspecified atom stereocenters. The zero-order valence-corrected chi connectivity index (χ0v) is 18.4. The number of nitrogens with zero attached hydrogens (tertiary/aromatic N) is 2. The SMILES string of the molecule is COC(=O)COc1ccc(NC(=O)c2cc([N+](=O)[O-])ccc2N2CCC(C)CC2)c(C)c1. The molecule has 1 saturated heterocycles. The molecule has 9 nitrogen and oxygen atoms in total. The monoisotopic (exact) mass is 441 g/mol. The third-order valence-corrected chi connectivity index (χ3v) is 5.59. The smallest absolute Gasteiger partial charge is 0.343 e. The Morgan fingerprint density at radius 3 is 2.53 bits per heavy atom. The van der Waals surface area contributed by atoms with Crippen molar-refractivity contribution < 1.29 is 24.0 Å². The van der Waals surface area contributed by atoms with Crippen LogP contribution < -0.4 is 15.0 Å². The highest BCUT2D eigenvalue weighted by Gasteiger charge is 2.24. The van der Waals surface area contributed by atoms with Crippen molar-refractivity contribution >= 4 is 28.9 Å². The minimum atomic E-state index is -0.502. The summed E-state index contributed by atoms with van der Waals surface area (Å²) in [6.07, 6.45) is 2.01. The molecule has 0 bridgehead atoms. The van der Waals surface area contributed by atoms with Gasteiger partial charge < -0.3 is 19.7 Å². The van der Waals surface area contributed by atoms with Crippen LogP contribution in [0.15, 0.2) is 36.4 Å². The first-order valence-electron chi connectivity index (χ1n) is 10.4. The van der Waals surface area contributed by atoms with E-state index in [1.165, 1.54) is 19.2 Å². The molecule has 0 spiro atoms. The number of nitro benzene ring substituents is 1. The average molecular weight is 441 g/mol. The van der Waals surface area contributed by atoms with Crippen LogP contribution in [0.4, 0.5) is 17.1 Å². The Bertz CT molecular complexity index is 1010. The molecule has 170 valence electrons. The topological polar surface area (TPSA) is 111 Å². The number of rotatable bonds is 7. The lowest BCUT2D eigenvalue weighted by Gasteiger charge is -2.33. The Kier molecular flexibility index (Phi) is 7.29. The summed E-state index contributed by atoms with van der Waals surface area (Å²) in [5.74, 6) is 0.160. The quantitative estimate of drug-likeness (QED) is 0.393. The molecule has 1 fully saturated rings. The van der Waals surface area contributed by atoms with Gasteiger partial charge in [0.25, 0.3) is 11.6 Å². The van der Waals surface area contributed by atoms with Crippen LogP contribution in [0.25, 0.3) is 0 Å². The van der Waals surface area contributed by atoms with Crippen LogP contribution in [0.1, 0.15) is 35.7 Å². The maximum Gasteiger partial charge on any atom is 0.343 e. The molecule has 0 radical (unpaired) electrons. The lowest BCUT2D eigenvalue weighted by molar-refractivity contribution is -0.384. The second-order valence-corrected chi connectivity index (χ2v) is 7.92. The van der Waals surface area contributed by atoms with Crippen molar-refractivity contribution in [1.82, 2.24) is 0 Å². The molecule has 0 saturated carbocycles. The highest BCUT2D eigenvalue weighted by atomic mass is 16.6. The minimum Gasteiger partial charge on any atom is -0.482 e. The Hall–Kier alpha value is -3.62. The van der Waals surface area contributed by atoms with E-state index in [1.54, 1.807) is 31.2 Å². The van der Waals surface area contributed by atoms with Crippen LogP contribution >= 0.6 is 0 Å². The fourth-order valence-corrected chi connectivity index (χ4v) is 3.60. The number of methoxy groups -OCH3 is 1. The Morgan fingerprint density at radius 2 is 1.91 bits per heavy atom. The molecule has 0 atom stereocenters. The zero-order chi connectivity index (χ0) is 23.3. The first-order chi connectivity index (χ1) is 15.3. The van der Waals surface area contributed by atoms with Crippen molar-refractivity contribution in [2.45, 2.75) is 26.7 Å². The lowest BCUT2D eigenvalue weighted by Crippen LogP contribution is -2.34. The maximum absolute atomic E-state index is 13.2. The molecule has 1 amide bonds. The summed E-state index contributed by atoms with van der Waals surface area (Å²) in [6, 6.07) is 9.40. The zero-order valence-electron chi connectivity index (χ0n) is 18.4. The molecule has 1 N–H and O–H groups in total. The molecule has 1 heterocycles. The first-order valence-corrected chi connectivity index (χ1v) is 10.4. The number of ether oxygens (including phenoxy) is 2. The van der Waals surface area contributed by atoms with E-state index in [0.29, 0.717) is 23.0 Å². The highest BCUT2D eigenvalue weighted by Crippen LogP contribution is 2.30. The summed E-state index contributed by atoms with van der Waals surface area (Å²) < 4.78 is 9.91. The van der Waals surface area contributed by atoms with E-state index in [0.717, 1.165) is 31.5 Å². The van der Waals surface area contributed by atoms with Crippen molar-refractivity contribution in [3.63, 3.8) is 0 Å². The van der Waals surface area contributed by atoms with E-state index in [-0.39, 0.29) is 17.9 Å². The van der Waals surface area contributed by atoms with E-state index >= 15 is 0 Å². The van der Waals surface area contributed by atoms with Crippen molar-refractivity contribution in [1.29, 1.82) is 0 Å². The maximum atomic E-state index is 13.2.